The molecule has 0 aliphatic rings. The summed E-state index contributed by atoms with van der Waals surface area (Å²) in [7, 11) is 0. The van der Waals surface area contributed by atoms with Gasteiger partial charge in [-0.1, -0.05) is 35.9 Å². The Labute approximate surface area is 123 Å². The second-order valence-electron chi connectivity index (χ2n) is 3.94. The monoisotopic (exact) mass is 291 g/mol. The molecule has 0 aliphatic carbocycles. The van der Waals surface area contributed by atoms with Crippen molar-refractivity contribution in [1.82, 2.24) is 10.3 Å². The highest BCUT2D eigenvalue weighted by Crippen LogP contribution is 2.14. The Kier molecular flexibility index (Phi) is 5.12. The lowest BCUT2D eigenvalue weighted by molar-refractivity contribution is 0.873. The highest BCUT2D eigenvalue weighted by atomic mass is 35.5. The number of pyridine rings is 1. The van der Waals surface area contributed by atoms with Gasteiger partial charge in [-0.15, -0.1) is 0 Å². The molecule has 1 aromatic carbocycles. The summed E-state index contributed by atoms with van der Waals surface area (Å²) in [6.45, 7) is 0.725. The van der Waals surface area contributed by atoms with Crippen LogP contribution in [0.25, 0.3) is 0 Å². The van der Waals surface area contributed by atoms with Gasteiger partial charge in [-0.3, -0.25) is 0 Å². The van der Waals surface area contributed by atoms with E-state index in [0.29, 0.717) is 5.11 Å². The maximum Gasteiger partial charge on any atom is 0.171 e. The number of nitrogens with zero attached hydrogens (tertiary/aromatic N) is 1. The van der Waals surface area contributed by atoms with Gasteiger partial charge in [0.2, 0.25) is 0 Å². The van der Waals surface area contributed by atoms with Gasteiger partial charge in [0.05, 0.1) is 0 Å². The first-order valence-electron chi connectivity index (χ1n) is 5.95. The molecular formula is C14H14ClN3S. The van der Waals surface area contributed by atoms with E-state index in [4.69, 9.17) is 23.8 Å². The Hall–Kier alpha value is -1.65. The molecule has 5 heteroatoms. The van der Waals surface area contributed by atoms with E-state index < -0.39 is 0 Å². The minimum Gasteiger partial charge on any atom is -0.362 e. The molecule has 0 unspecified atom stereocenters. The van der Waals surface area contributed by atoms with Gasteiger partial charge < -0.3 is 10.6 Å². The zero-order valence-corrected chi connectivity index (χ0v) is 11.8. The summed E-state index contributed by atoms with van der Waals surface area (Å²) >= 11 is 11.3. The van der Waals surface area contributed by atoms with Crippen molar-refractivity contribution in [2.24, 2.45) is 0 Å². The summed E-state index contributed by atoms with van der Waals surface area (Å²) < 4.78 is 0. The zero-order valence-electron chi connectivity index (χ0n) is 10.3. The lowest BCUT2D eigenvalue weighted by Crippen LogP contribution is -2.30. The zero-order chi connectivity index (χ0) is 13.5. The minimum atomic E-state index is 0.561. The van der Waals surface area contributed by atoms with Crippen LogP contribution >= 0.6 is 23.8 Å². The van der Waals surface area contributed by atoms with Crippen molar-refractivity contribution in [3.05, 3.63) is 59.2 Å². The Morgan fingerprint density at radius 1 is 1.16 bits per heavy atom. The number of benzene rings is 1. The molecule has 0 bridgehead atoms. The van der Waals surface area contributed by atoms with Crippen molar-refractivity contribution < 1.29 is 0 Å². The molecule has 19 heavy (non-hydrogen) atoms. The molecule has 3 nitrogen and oxygen atoms in total. The predicted molar refractivity (Wildman–Crippen MR) is 83.6 cm³/mol. The van der Waals surface area contributed by atoms with Crippen molar-refractivity contribution in [1.29, 1.82) is 0 Å². The quantitative estimate of drug-likeness (QED) is 0.848. The van der Waals surface area contributed by atoms with Gasteiger partial charge in [-0.05, 0) is 42.4 Å². The number of halogens is 1. The molecule has 0 spiro atoms. The largest absolute Gasteiger partial charge is 0.362 e. The Morgan fingerprint density at radius 3 is 2.68 bits per heavy atom. The first kappa shape index (κ1) is 13.8. The third-order valence-electron chi connectivity index (χ3n) is 2.54. The molecule has 0 amide bonds. The van der Waals surface area contributed by atoms with Gasteiger partial charge in [0.25, 0.3) is 0 Å². The van der Waals surface area contributed by atoms with E-state index in [1.807, 2.05) is 42.5 Å². The van der Waals surface area contributed by atoms with Crippen molar-refractivity contribution in [3.63, 3.8) is 0 Å². The average Bonchev–Trinajstić information content (AvgIpc) is 2.42. The molecule has 0 fully saturated rings. The maximum absolute atomic E-state index is 6.08. The van der Waals surface area contributed by atoms with E-state index in [0.717, 1.165) is 29.4 Å². The van der Waals surface area contributed by atoms with Crippen LogP contribution in [-0.2, 0) is 6.42 Å². The summed E-state index contributed by atoms with van der Waals surface area (Å²) in [6.07, 6.45) is 2.54. The summed E-state index contributed by atoms with van der Waals surface area (Å²) in [6, 6.07) is 13.4. The first-order chi connectivity index (χ1) is 9.25. The molecule has 2 N–H and O–H groups in total. The molecule has 0 aliphatic heterocycles. The SMILES string of the molecule is S=C(NCCc1ccccc1Cl)Nc1ccccn1. The van der Waals surface area contributed by atoms with E-state index in [-0.39, 0.29) is 0 Å². The van der Waals surface area contributed by atoms with Crippen LogP contribution in [0.2, 0.25) is 5.02 Å². The standard InChI is InChI=1S/C14H14ClN3S/c15-12-6-2-1-5-11(12)8-10-17-14(19)18-13-7-3-4-9-16-13/h1-7,9H,8,10H2,(H2,16,17,18,19). The fourth-order valence-electron chi connectivity index (χ4n) is 1.61. The minimum absolute atomic E-state index is 0.561. The van der Waals surface area contributed by atoms with Crippen molar-refractivity contribution in [2.75, 3.05) is 11.9 Å². The summed E-state index contributed by atoms with van der Waals surface area (Å²) in [4.78, 5) is 4.14. The molecular weight excluding hydrogens is 278 g/mol. The number of hydrogen-bond donors (Lipinski definition) is 2. The van der Waals surface area contributed by atoms with E-state index in [1.165, 1.54) is 0 Å². The van der Waals surface area contributed by atoms with Gasteiger partial charge in [0.1, 0.15) is 5.82 Å². The molecule has 1 heterocycles. The Morgan fingerprint density at radius 2 is 1.95 bits per heavy atom. The van der Waals surface area contributed by atoms with Crippen LogP contribution in [0, 0.1) is 0 Å². The smallest absolute Gasteiger partial charge is 0.171 e. The molecule has 2 rings (SSSR count). The fourth-order valence-corrected chi connectivity index (χ4v) is 2.05. The lowest BCUT2D eigenvalue weighted by Gasteiger charge is -2.10. The number of rotatable bonds is 4. The summed E-state index contributed by atoms with van der Waals surface area (Å²) in [5.74, 6) is 0.734. The number of anilines is 1. The molecule has 0 atom stereocenters. The highest BCUT2D eigenvalue weighted by molar-refractivity contribution is 7.80. The Balaban J connectivity index is 1.77. The second-order valence-corrected chi connectivity index (χ2v) is 4.75. The van der Waals surface area contributed by atoms with Crippen molar-refractivity contribution in [3.8, 4) is 0 Å². The highest BCUT2D eigenvalue weighted by Gasteiger charge is 2.00. The van der Waals surface area contributed by atoms with Gasteiger partial charge in [-0.2, -0.15) is 0 Å². The van der Waals surface area contributed by atoms with E-state index >= 15 is 0 Å². The van der Waals surface area contributed by atoms with Gasteiger partial charge in [0, 0.05) is 17.8 Å². The fraction of sp³-hybridized carbons (Fsp3) is 0.143. The number of hydrogen-bond acceptors (Lipinski definition) is 2. The average molecular weight is 292 g/mol. The molecule has 0 saturated heterocycles. The summed E-state index contributed by atoms with van der Waals surface area (Å²) in [5.41, 5.74) is 1.11. The van der Waals surface area contributed by atoms with Crippen LogP contribution in [0.3, 0.4) is 0 Å². The van der Waals surface area contributed by atoms with Gasteiger partial charge >= 0.3 is 0 Å². The third kappa shape index (κ3) is 4.50. The van der Waals surface area contributed by atoms with Crippen molar-refractivity contribution >= 4 is 34.7 Å². The molecule has 1 aromatic heterocycles. The van der Waals surface area contributed by atoms with E-state index in [2.05, 4.69) is 15.6 Å². The lowest BCUT2D eigenvalue weighted by atomic mass is 10.1. The number of aromatic nitrogens is 1. The van der Waals surface area contributed by atoms with Crippen LogP contribution in [0.1, 0.15) is 5.56 Å². The Bertz CT molecular complexity index is 545. The number of thiocarbonyl (C=S) groups is 1. The first-order valence-corrected chi connectivity index (χ1v) is 6.73. The molecule has 0 radical (unpaired) electrons. The van der Waals surface area contributed by atoms with Crippen molar-refractivity contribution in [2.45, 2.75) is 6.42 Å². The topological polar surface area (TPSA) is 37.0 Å². The second kappa shape index (κ2) is 7.07. The van der Waals surface area contributed by atoms with Crippen LogP contribution < -0.4 is 10.6 Å². The predicted octanol–water partition coefficient (Wildman–Crippen LogP) is 3.26. The van der Waals surface area contributed by atoms with Crippen LogP contribution in [0.15, 0.2) is 48.7 Å². The molecule has 98 valence electrons. The van der Waals surface area contributed by atoms with E-state index in [9.17, 15) is 0 Å². The number of nitrogens with one attached hydrogen (secondary N) is 2. The molecule has 0 saturated carbocycles. The van der Waals surface area contributed by atoms with Gasteiger partial charge in [-0.25, -0.2) is 4.98 Å². The normalized spacial score (nSPS) is 9.95. The summed E-state index contributed by atoms with van der Waals surface area (Å²) in [5, 5.41) is 7.49. The van der Waals surface area contributed by atoms with Gasteiger partial charge in [0.15, 0.2) is 5.11 Å². The van der Waals surface area contributed by atoms with Crippen LogP contribution in [-0.4, -0.2) is 16.6 Å². The van der Waals surface area contributed by atoms with E-state index in [1.54, 1.807) is 6.20 Å². The van der Waals surface area contributed by atoms with Crippen LogP contribution in [0.4, 0.5) is 5.82 Å². The molecule has 2 aromatic rings. The third-order valence-corrected chi connectivity index (χ3v) is 3.16. The maximum atomic E-state index is 6.08. The van der Waals surface area contributed by atoms with Crippen LogP contribution in [0.5, 0.6) is 0 Å².